The predicted molar refractivity (Wildman–Crippen MR) is 96.8 cm³/mol. The highest BCUT2D eigenvalue weighted by molar-refractivity contribution is 5.90. The molecular formula is C20H21N3O2. The molecule has 0 bridgehead atoms. The fraction of sp³-hybridized carbons (Fsp3) is 0.250. The zero-order valence-electron chi connectivity index (χ0n) is 14.6. The molecule has 3 aromatic rings. The van der Waals surface area contributed by atoms with Crippen molar-refractivity contribution in [2.45, 2.75) is 33.2 Å². The molecule has 0 saturated heterocycles. The van der Waals surface area contributed by atoms with E-state index >= 15 is 0 Å². The zero-order chi connectivity index (χ0) is 18.0. The van der Waals surface area contributed by atoms with Crippen molar-refractivity contribution in [3.05, 3.63) is 70.9 Å². The Kier molecular flexibility index (Phi) is 4.65. The molecule has 1 aromatic heterocycles. The van der Waals surface area contributed by atoms with Crippen molar-refractivity contribution in [3.8, 4) is 11.3 Å². The SMILES string of the molecule is Cc1cc(-c2cn(Cc3ccc(C(C)C)cc3)nn2)ccc1C(=O)O. The fourth-order valence-electron chi connectivity index (χ4n) is 2.77. The number of aromatic carboxylic acids is 1. The van der Waals surface area contributed by atoms with Crippen LogP contribution in [0.15, 0.2) is 48.7 Å². The van der Waals surface area contributed by atoms with Gasteiger partial charge >= 0.3 is 5.97 Å². The highest BCUT2D eigenvalue weighted by Gasteiger charge is 2.10. The van der Waals surface area contributed by atoms with Crippen molar-refractivity contribution >= 4 is 5.97 Å². The molecule has 0 aliphatic carbocycles. The molecule has 0 aliphatic heterocycles. The Balaban J connectivity index is 1.78. The first kappa shape index (κ1) is 16.9. The first-order chi connectivity index (χ1) is 11.9. The number of aromatic nitrogens is 3. The Labute approximate surface area is 146 Å². The third kappa shape index (κ3) is 3.76. The van der Waals surface area contributed by atoms with Gasteiger partial charge in [0.15, 0.2) is 0 Å². The van der Waals surface area contributed by atoms with Crippen LogP contribution in [-0.2, 0) is 6.54 Å². The Morgan fingerprint density at radius 1 is 1.16 bits per heavy atom. The number of aryl methyl sites for hydroxylation is 1. The lowest BCUT2D eigenvalue weighted by atomic mass is 10.0. The molecule has 128 valence electrons. The van der Waals surface area contributed by atoms with Gasteiger partial charge in [-0.05, 0) is 41.7 Å². The van der Waals surface area contributed by atoms with Crippen LogP contribution in [0.1, 0.15) is 46.8 Å². The molecular weight excluding hydrogens is 314 g/mol. The maximum Gasteiger partial charge on any atom is 0.335 e. The van der Waals surface area contributed by atoms with Gasteiger partial charge in [0.25, 0.3) is 0 Å². The molecule has 0 amide bonds. The van der Waals surface area contributed by atoms with Crippen molar-refractivity contribution in [2.24, 2.45) is 0 Å². The van der Waals surface area contributed by atoms with Crippen LogP contribution in [0, 0.1) is 6.92 Å². The van der Waals surface area contributed by atoms with E-state index in [1.165, 1.54) is 11.1 Å². The Morgan fingerprint density at radius 3 is 2.48 bits per heavy atom. The number of carboxylic acid groups (broad SMARTS) is 1. The van der Waals surface area contributed by atoms with E-state index in [0.717, 1.165) is 11.3 Å². The minimum Gasteiger partial charge on any atom is -0.478 e. The van der Waals surface area contributed by atoms with Crippen molar-refractivity contribution in [3.63, 3.8) is 0 Å². The van der Waals surface area contributed by atoms with Gasteiger partial charge in [0.05, 0.1) is 18.3 Å². The summed E-state index contributed by atoms with van der Waals surface area (Å²) in [5.74, 6) is -0.401. The van der Waals surface area contributed by atoms with E-state index < -0.39 is 5.97 Å². The van der Waals surface area contributed by atoms with Crippen molar-refractivity contribution in [2.75, 3.05) is 0 Å². The molecule has 5 heteroatoms. The van der Waals surface area contributed by atoms with Crippen molar-refractivity contribution < 1.29 is 9.90 Å². The molecule has 0 fully saturated rings. The normalized spacial score (nSPS) is 11.0. The van der Waals surface area contributed by atoms with Crippen LogP contribution >= 0.6 is 0 Å². The zero-order valence-corrected chi connectivity index (χ0v) is 14.6. The summed E-state index contributed by atoms with van der Waals surface area (Å²) in [6, 6.07) is 13.7. The smallest absolute Gasteiger partial charge is 0.335 e. The standard InChI is InChI=1S/C20H21N3O2/c1-13(2)16-6-4-15(5-7-16)11-23-12-19(21-22-23)17-8-9-18(20(24)25)14(3)10-17/h4-10,12-13H,11H2,1-3H3,(H,24,25). The molecule has 0 radical (unpaired) electrons. The molecule has 0 unspecified atom stereocenters. The lowest BCUT2D eigenvalue weighted by Crippen LogP contribution is -2.00. The summed E-state index contributed by atoms with van der Waals surface area (Å²) in [5, 5.41) is 17.5. The maximum absolute atomic E-state index is 11.1. The van der Waals surface area contributed by atoms with Gasteiger partial charge in [-0.3, -0.25) is 0 Å². The van der Waals surface area contributed by atoms with Crippen LogP contribution in [0.2, 0.25) is 0 Å². The molecule has 1 N–H and O–H groups in total. The third-order valence-corrected chi connectivity index (χ3v) is 4.28. The molecule has 0 saturated carbocycles. The summed E-state index contributed by atoms with van der Waals surface area (Å²) in [6.07, 6.45) is 1.88. The quantitative estimate of drug-likeness (QED) is 0.761. The second-order valence-corrected chi connectivity index (χ2v) is 6.53. The molecule has 2 aromatic carbocycles. The van der Waals surface area contributed by atoms with Gasteiger partial charge in [-0.25, -0.2) is 9.48 Å². The van der Waals surface area contributed by atoms with E-state index in [4.69, 9.17) is 5.11 Å². The van der Waals surface area contributed by atoms with E-state index in [2.05, 4.69) is 48.4 Å². The Bertz CT molecular complexity index is 896. The van der Waals surface area contributed by atoms with E-state index in [0.29, 0.717) is 23.6 Å². The third-order valence-electron chi connectivity index (χ3n) is 4.28. The van der Waals surface area contributed by atoms with E-state index in [1.54, 1.807) is 23.7 Å². The molecule has 0 atom stereocenters. The number of benzene rings is 2. The van der Waals surface area contributed by atoms with E-state index in [9.17, 15) is 4.79 Å². The van der Waals surface area contributed by atoms with Gasteiger partial charge in [-0.1, -0.05) is 49.4 Å². The minimum absolute atomic E-state index is 0.307. The Hall–Kier alpha value is -2.95. The lowest BCUT2D eigenvalue weighted by molar-refractivity contribution is 0.0696. The van der Waals surface area contributed by atoms with E-state index in [-0.39, 0.29) is 0 Å². The van der Waals surface area contributed by atoms with Gasteiger partial charge in [0.1, 0.15) is 5.69 Å². The number of hydrogen-bond acceptors (Lipinski definition) is 3. The van der Waals surface area contributed by atoms with Gasteiger partial charge in [0, 0.05) is 5.56 Å². The number of carboxylic acids is 1. The van der Waals surface area contributed by atoms with Crippen LogP contribution in [0.3, 0.4) is 0 Å². The highest BCUT2D eigenvalue weighted by Crippen LogP contribution is 2.21. The summed E-state index contributed by atoms with van der Waals surface area (Å²) in [4.78, 5) is 11.1. The first-order valence-electron chi connectivity index (χ1n) is 8.27. The molecule has 0 aliphatic rings. The molecule has 3 rings (SSSR count). The minimum atomic E-state index is -0.919. The molecule has 0 spiro atoms. The maximum atomic E-state index is 11.1. The highest BCUT2D eigenvalue weighted by atomic mass is 16.4. The largest absolute Gasteiger partial charge is 0.478 e. The monoisotopic (exact) mass is 335 g/mol. The molecule has 25 heavy (non-hydrogen) atoms. The number of hydrogen-bond donors (Lipinski definition) is 1. The average molecular weight is 335 g/mol. The van der Waals surface area contributed by atoms with Crippen LogP contribution < -0.4 is 0 Å². The summed E-state index contributed by atoms with van der Waals surface area (Å²) in [5.41, 5.74) is 5.10. The van der Waals surface area contributed by atoms with Crippen LogP contribution in [-0.4, -0.2) is 26.1 Å². The molecule has 1 heterocycles. The van der Waals surface area contributed by atoms with Gasteiger partial charge in [-0.2, -0.15) is 0 Å². The predicted octanol–water partition coefficient (Wildman–Crippen LogP) is 4.12. The van der Waals surface area contributed by atoms with Gasteiger partial charge < -0.3 is 5.11 Å². The van der Waals surface area contributed by atoms with E-state index in [1.807, 2.05) is 12.3 Å². The van der Waals surface area contributed by atoms with Gasteiger partial charge in [0.2, 0.25) is 0 Å². The lowest BCUT2D eigenvalue weighted by Gasteiger charge is -2.06. The fourth-order valence-corrected chi connectivity index (χ4v) is 2.77. The number of nitrogens with zero attached hydrogens (tertiary/aromatic N) is 3. The topological polar surface area (TPSA) is 68.0 Å². The Morgan fingerprint density at radius 2 is 1.88 bits per heavy atom. The second-order valence-electron chi connectivity index (χ2n) is 6.53. The van der Waals surface area contributed by atoms with Crippen LogP contribution in [0.25, 0.3) is 11.3 Å². The van der Waals surface area contributed by atoms with Crippen molar-refractivity contribution in [1.82, 2.24) is 15.0 Å². The number of rotatable bonds is 5. The van der Waals surface area contributed by atoms with Crippen molar-refractivity contribution in [1.29, 1.82) is 0 Å². The van der Waals surface area contributed by atoms with Crippen LogP contribution in [0.5, 0.6) is 0 Å². The average Bonchev–Trinajstić information content (AvgIpc) is 3.03. The summed E-state index contributed by atoms with van der Waals surface area (Å²) in [7, 11) is 0. The second kappa shape index (κ2) is 6.89. The van der Waals surface area contributed by atoms with Crippen LogP contribution in [0.4, 0.5) is 0 Å². The van der Waals surface area contributed by atoms with Gasteiger partial charge in [-0.15, -0.1) is 5.10 Å². The summed E-state index contributed by atoms with van der Waals surface area (Å²) >= 11 is 0. The summed E-state index contributed by atoms with van der Waals surface area (Å²) < 4.78 is 1.79. The number of carbonyl (C=O) groups is 1. The first-order valence-corrected chi connectivity index (χ1v) is 8.27. The summed E-state index contributed by atoms with van der Waals surface area (Å²) in [6.45, 7) is 6.79. The molecule has 5 nitrogen and oxygen atoms in total.